The van der Waals surface area contributed by atoms with Crippen LogP contribution in [-0.4, -0.2) is 22.6 Å². The van der Waals surface area contributed by atoms with Crippen molar-refractivity contribution in [3.05, 3.63) is 53.6 Å². The summed E-state index contributed by atoms with van der Waals surface area (Å²) in [6.07, 6.45) is 2.25. The van der Waals surface area contributed by atoms with Crippen LogP contribution in [-0.2, 0) is 0 Å². The SMILES string of the molecule is O=C(NCC1CC1)c1cc(F)c2n[nH]c(-c3cccc(F)c3)c2c1. The molecule has 0 bridgehead atoms. The topological polar surface area (TPSA) is 57.8 Å². The van der Waals surface area contributed by atoms with Crippen LogP contribution < -0.4 is 5.32 Å². The van der Waals surface area contributed by atoms with Crippen LogP contribution in [0.15, 0.2) is 36.4 Å². The molecule has 0 saturated heterocycles. The van der Waals surface area contributed by atoms with Gasteiger partial charge in [-0.15, -0.1) is 0 Å². The van der Waals surface area contributed by atoms with Crippen molar-refractivity contribution in [2.75, 3.05) is 6.54 Å². The van der Waals surface area contributed by atoms with Gasteiger partial charge in [0.15, 0.2) is 5.82 Å². The number of fused-ring (bicyclic) bond motifs is 1. The van der Waals surface area contributed by atoms with Gasteiger partial charge >= 0.3 is 0 Å². The standard InChI is InChI=1S/C18H15F2N3O/c19-13-3-1-2-11(6-13)16-14-7-12(8-15(20)17(14)23-22-16)18(24)21-9-10-4-5-10/h1-3,6-8,10H,4-5,9H2,(H,21,24)(H,22,23). The van der Waals surface area contributed by atoms with Crippen LogP contribution in [0.1, 0.15) is 23.2 Å². The number of nitrogens with one attached hydrogen (secondary N) is 2. The number of rotatable bonds is 4. The lowest BCUT2D eigenvalue weighted by molar-refractivity contribution is 0.0951. The Balaban J connectivity index is 1.75. The third-order valence-corrected chi connectivity index (χ3v) is 4.24. The van der Waals surface area contributed by atoms with E-state index in [1.165, 1.54) is 18.2 Å². The van der Waals surface area contributed by atoms with Gasteiger partial charge in [0.25, 0.3) is 5.91 Å². The molecule has 1 heterocycles. The first-order chi connectivity index (χ1) is 11.6. The van der Waals surface area contributed by atoms with Crippen molar-refractivity contribution in [2.45, 2.75) is 12.8 Å². The third kappa shape index (κ3) is 2.75. The highest BCUT2D eigenvalue weighted by Crippen LogP contribution is 2.30. The lowest BCUT2D eigenvalue weighted by Crippen LogP contribution is -2.25. The number of carbonyl (C=O) groups is 1. The molecule has 1 amide bonds. The molecule has 0 aliphatic heterocycles. The highest BCUT2D eigenvalue weighted by Gasteiger charge is 2.22. The number of benzene rings is 2. The number of amides is 1. The van der Waals surface area contributed by atoms with Crippen LogP contribution in [0.25, 0.3) is 22.2 Å². The number of aromatic nitrogens is 2. The third-order valence-electron chi connectivity index (χ3n) is 4.24. The Morgan fingerprint density at radius 1 is 1.25 bits per heavy atom. The number of hydrogen-bond acceptors (Lipinski definition) is 2. The van der Waals surface area contributed by atoms with Gasteiger partial charge in [0.1, 0.15) is 11.3 Å². The summed E-state index contributed by atoms with van der Waals surface area (Å²) < 4.78 is 27.7. The van der Waals surface area contributed by atoms with Crippen molar-refractivity contribution >= 4 is 16.8 Å². The van der Waals surface area contributed by atoms with Crippen molar-refractivity contribution in [2.24, 2.45) is 5.92 Å². The minimum absolute atomic E-state index is 0.132. The Kier molecular flexibility index (Phi) is 3.52. The molecule has 122 valence electrons. The first-order valence-corrected chi connectivity index (χ1v) is 7.83. The lowest BCUT2D eigenvalue weighted by atomic mass is 10.0. The molecular formula is C18H15F2N3O. The van der Waals surface area contributed by atoms with Gasteiger partial charge < -0.3 is 5.32 Å². The fourth-order valence-corrected chi connectivity index (χ4v) is 2.73. The van der Waals surface area contributed by atoms with Gasteiger partial charge in [-0.25, -0.2) is 8.78 Å². The molecular weight excluding hydrogens is 312 g/mol. The van der Waals surface area contributed by atoms with Crippen LogP contribution in [0.5, 0.6) is 0 Å². The highest BCUT2D eigenvalue weighted by molar-refractivity contribution is 6.01. The molecule has 0 atom stereocenters. The normalized spacial score (nSPS) is 14.1. The van der Waals surface area contributed by atoms with E-state index in [4.69, 9.17) is 0 Å². The van der Waals surface area contributed by atoms with Gasteiger partial charge in [-0.2, -0.15) is 5.10 Å². The maximum Gasteiger partial charge on any atom is 0.251 e. The largest absolute Gasteiger partial charge is 0.352 e. The predicted octanol–water partition coefficient (Wildman–Crippen LogP) is 3.65. The number of carbonyl (C=O) groups excluding carboxylic acids is 1. The van der Waals surface area contributed by atoms with Crippen LogP contribution in [0.4, 0.5) is 8.78 Å². The average molecular weight is 327 g/mol. The van der Waals surface area contributed by atoms with Crippen molar-refractivity contribution in [3.63, 3.8) is 0 Å². The Bertz CT molecular complexity index is 931. The number of nitrogens with zero attached hydrogens (tertiary/aromatic N) is 1. The zero-order valence-corrected chi connectivity index (χ0v) is 12.8. The molecule has 6 heteroatoms. The molecule has 1 fully saturated rings. The molecule has 0 spiro atoms. The molecule has 4 nitrogen and oxygen atoms in total. The van der Waals surface area contributed by atoms with Crippen LogP contribution in [0, 0.1) is 17.6 Å². The smallest absolute Gasteiger partial charge is 0.251 e. The fourth-order valence-electron chi connectivity index (χ4n) is 2.73. The van der Waals surface area contributed by atoms with E-state index >= 15 is 0 Å². The molecule has 2 N–H and O–H groups in total. The van der Waals surface area contributed by atoms with E-state index in [1.807, 2.05) is 0 Å². The first-order valence-electron chi connectivity index (χ1n) is 7.83. The maximum absolute atomic E-state index is 14.3. The van der Waals surface area contributed by atoms with Crippen molar-refractivity contribution in [3.8, 4) is 11.3 Å². The van der Waals surface area contributed by atoms with E-state index in [2.05, 4.69) is 15.5 Å². The van der Waals surface area contributed by atoms with E-state index in [1.54, 1.807) is 18.2 Å². The molecule has 2 aromatic carbocycles. The number of H-pyrrole nitrogens is 1. The minimum atomic E-state index is -0.581. The summed E-state index contributed by atoms with van der Waals surface area (Å²) >= 11 is 0. The minimum Gasteiger partial charge on any atom is -0.352 e. The molecule has 0 unspecified atom stereocenters. The second-order valence-corrected chi connectivity index (χ2v) is 6.12. The summed E-state index contributed by atoms with van der Waals surface area (Å²) in [7, 11) is 0. The summed E-state index contributed by atoms with van der Waals surface area (Å²) in [4.78, 5) is 12.2. The van der Waals surface area contributed by atoms with E-state index in [0.29, 0.717) is 29.1 Å². The Morgan fingerprint density at radius 2 is 2.08 bits per heavy atom. The van der Waals surface area contributed by atoms with Gasteiger partial charge in [-0.1, -0.05) is 12.1 Å². The van der Waals surface area contributed by atoms with Gasteiger partial charge in [0.05, 0.1) is 5.69 Å². The van der Waals surface area contributed by atoms with E-state index < -0.39 is 11.6 Å². The van der Waals surface area contributed by atoms with Crippen molar-refractivity contribution in [1.29, 1.82) is 0 Å². The number of hydrogen-bond donors (Lipinski definition) is 2. The monoisotopic (exact) mass is 327 g/mol. The second kappa shape index (κ2) is 5.70. The molecule has 3 aromatic rings. The maximum atomic E-state index is 14.3. The Morgan fingerprint density at radius 3 is 2.83 bits per heavy atom. The molecule has 4 rings (SSSR count). The van der Waals surface area contributed by atoms with Gasteiger partial charge in [-0.05, 0) is 43.0 Å². The zero-order chi connectivity index (χ0) is 16.7. The van der Waals surface area contributed by atoms with E-state index in [0.717, 1.165) is 12.8 Å². The van der Waals surface area contributed by atoms with Gasteiger partial charge in [-0.3, -0.25) is 9.89 Å². The average Bonchev–Trinajstić information content (AvgIpc) is 3.29. The Labute approximate surface area is 136 Å². The first kappa shape index (κ1) is 14.8. The zero-order valence-electron chi connectivity index (χ0n) is 12.8. The molecule has 1 aliphatic rings. The molecule has 0 radical (unpaired) electrons. The molecule has 1 aromatic heterocycles. The summed E-state index contributed by atoms with van der Waals surface area (Å²) in [6, 6.07) is 8.71. The quantitative estimate of drug-likeness (QED) is 0.768. The summed E-state index contributed by atoms with van der Waals surface area (Å²) in [6.45, 7) is 0.612. The second-order valence-electron chi connectivity index (χ2n) is 6.12. The van der Waals surface area contributed by atoms with Gasteiger partial charge in [0.2, 0.25) is 0 Å². The highest BCUT2D eigenvalue weighted by atomic mass is 19.1. The summed E-state index contributed by atoms with van der Waals surface area (Å²) in [5.74, 6) is -0.745. The van der Waals surface area contributed by atoms with Crippen molar-refractivity contribution in [1.82, 2.24) is 15.5 Å². The molecule has 1 saturated carbocycles. The van der Waals surface area contributed by atoms with Crippen molar-refractivity contribution < 1.29 is 13.6 Å². The van der Waals surface area contributed by atoms with Gasteiger partial charge in [0, 0.05) is 23.1 Å². The molecule has 24 heavy (non-hydrogen) atoms. The van der Waals surface area contributed by atoms with Crippen LogP contribution in [0.2, 0.25) is 0 Å². The molecule has 1 aliphatic carbocycles. The number of aromatic amines is 1. The number of halogens is 2. The summed E-state index contributed by atoms with van der Waals surface area (Å²) in [5.41, 5.74) is 1.40. The van der Waals surface area contributed by atoms with Crippen LogP contribution in [0.3, 0.4) is 0 Å². The summed E-state index contributed by atoms with van der Waals surface area (Å²) in [5, 5.41) is 9.96. The Hall–Kier alpha value is -2.76. The predicted molar refractivity (Wildman–Crippen MR) is 86.5 cm³/mol. The fraction of sp³-hybridized carbons (Fsp3) is 0.222. The van der Waals surface area contributed by atoms with Crippen LogP contribution >= 0.6 is 0 Å². The van der Waals surface area contributed by atoms with E-state index in [9.17, 15) is 13.6 Å². The van der Waals surface area contributed by atoms with E-state index in [-0.39, 0.29) is 17.0 Å². The lowest BCUT2D eigenvalue weighted by Gasteiger charge is -2.05.